The first-order valence-corrected chi connectivity index (χ1v) is 6.27. The molecule has 0 aromatic rings. The molecule has 0 aromatic carbocycles. The van der Waals surface area contributed by atoms with Crippen LogP contribution in [0.15, 0.2) is 0 Å². The van der Waals surface area contributed by atoms with Crippen LogP contribution in [0, 0.1) is 17.8 Å². The average Bonchev–Trinajstić information content (AvgIpc) is 2.15. The first-order valence-electron chi connectivity index (χ1n) is 6.27. The van der Waals surface area contributed by atoms with Crippen molar-refractivity contribution in [1.82, 2.24) is 5.32 Å². The van der Waals surface area contributed by atoms with E-state index in [-0.39, 0.29) is 0 Å². The summed E-state index contributed by atoms with van der Waals surface area (Å²) in [5.74, 6) is 2.77. The Morgan fingerprint density at radius 1 is 1.53 bits per heavy atom. The van der Waals surface area contributed by atoms with Crippen LogP contribution in [0.1, 0.15) is 59.3 Å². The van der Waals surface area contributed by atoms with Gasteiger partial charge in [0, 0.05) is 18.5 Å². The van der Waals surface area contributed by atoms with Gasteiger partial charge in [0.1, 0.15) is 0 Å². The lowest BCUT2D eigenvalue weighted by molar-refractivity contribution is 0.188. The van der Waals surface area contributed by atoms with E-state index >= 15 is 0 Å². The summed E-state index contributed by atoms with van der Waals surface area (Å²) in [5, 5.41) is 3.72. The lowest BCUT2D eigenvalue weighted by Gasteiger charge is -2.37. The molecule has 1 rings (SSSR count). The Bertz CT molecular complexity index is 224. The summed E-state index contributed by atoms with van der Waals surface area (Å²) >= 11 is 0. The Hall–Kier alpha value is -0.480. The Kier molecular flexibility index (Phi) is 4.67. The van der Waals surface area contributed by atoms with E-state index in [1.54, 1.807) is 0 Å². The first-order chi connectivity index (χ1) is 7.07. The van der Waals surface area contributed by atoms with Gasteiger partial charge in [-0.15, -0.1) is 12.3 Å². The minimum atomic E-state index is 0.518. The van der Waals surface area contributed by atoms with Gasteiger partial charge in [0.15, 0.2) is 0 Å². The van der Waals surface area contributed by atoms with Crippen molar-refractivity contribution in [2.75, 3.05) is 0 Å². The quantitative estimate of drug-likeness (QED) is 0.697. The van der Waals surface area contributed by atoms with Crippen molar-refractivity contribution < 1.29 is 0 Å². The molecular formula is C14H25N. The van der Waals surface area contributed by atoms with Crippen LogP contribution in [-0.4, -0.2) is 12.1 Å². The topological polar surface area (TPSA) is 12.0 Å². The van der Waals surface area contributed by atoms with Crippen LogP contribution >= 0.6 is 0 Å². The molecule has 0 spiro atoms. The summed E-state index contributed by atoms with van der Waals surface area (Å²) < 4.78 is 0. The monoisotopic (exact) mass is 207 g/mol. The first kappa shape index (κ1) is 12.6. The number of hydrogen-bond acceptors (Lipinski definition) is 1. The highest BCUT2D eigenvalue weighted by Crippen LogP contribution is 2.35. The van der Waals surface area contributed by atoms with Crippen molar-refractivity contribution in [3.8, 4) is 12.3 Å². The van der Waals surface area contributed by atoms with Gasteiger partial charge in [-0.2, -0.15) is 0 Å². The second-order valence-electron chi connectivity index (χ2n) is 5.64. The maximum absolute atomic E-state index is 5.37. The van der Waals surface area contributed by atoms with Crippen molar-refractivity contribution in [2.45, 2.75) is 71.4 Å². The minimum absolute atomic E-state index is 0.518. The SMILES string of the molecule is C#CCC(CC)NC1CCCC(C)(C)C1. The molecule has 0 heterocycles. The molecule has 0 aliphatic heterocycles. The standard InChI is InChI=1S/C14H25N/c1-5-8-12(6-2)15-13-9-7-10-14(3,4)11-13/h1,12-13,15H,6-11H2,2-4H3. The molecule has 0 saturated heterocycles. The molecule has 86 valence electrons. The van der Waals surface area contributed by atoms with Gasteiger partial charge in [0.2, 0.25) is 0 Å². The molecule has 1 aliphatic rings. The van der Waals surface area contributed by atoms with E-state index in [1.807, 2.05) is 0 Å². The largest absolute Gasteiger partial charge is 0.310 e. The lowest BCUT2D eigenvalue weighted by atomic mass is 9.75. The highest BCUT2D eigenvalue weighted by molar-refractivity contribution is 4.92. The third kappa shape index (κ3) is 4.26. The Morgan fingerprint density at radius 2 is 2.27 bits per heavy atom. The Balaban J connectivity index is 2.40. The van der Waals surface area contributed by atoms with Crippen LogP contribution in [0.3, 0.4) is 0 Å². The summed E-state index contributed by atoms with van der Waals surface area (Å²) in [4.78, 5) is 0. The van der Waals surface area contributed by atoms with E-state index in [1.165, 1.54) is 25.7 Å². The zero-order valence-corrected chi connectivity index (χ0v) is 10.5. The van der Waals surface area contributed by atoms with Crippen LogP contribution in [-0.2, 0) is 0 Å². The lowest BCUT2D eigenvalue weighted by Crippen LogP contribution is -2.42. The van der Waals surface area contributed by atoms with E-state index < -0.39 is 0 Å². The Labute approximate surface area is 95.0 Å². The van der Waals surface area contributed by atoms with Crippen LogP contribution < -0.4 is 5.32 Å². The zero-order valence-electron chi connectivity index (χ0n) is 10.5. The molecule has 1 nitrogen and oxygen atoms in total. The van der Waals surface area contributed by atoms with E-state index in [4.69, 9.17) is 6.42 Å². The van der Waals surface area contributed by atoms with Crippen molar-refractivity contribution in [3.05, 3.63) is 0 Å². The average molecular weight is 207 g/mol. The predicted molar refractivity (Wildman–Crippen MR) is 66.7 cm³/mol. The number of nitrogens with one attached hydrogen (secondary N) is 1. The fourth-order valence-corrected chi connectivity index (χ4v) is 2.64. The van der Waals surface area contributed by atoms with Gasteiger partial charge in [-0.25, -0.2) is 0 Å². The summed E-state index contributed by atoms with van der Waals surface area (Å²) in [5.41, 5.74) is 0.518. The normalized spacial score (nSPS) is 26.9. The molecule has 1 saturated carbocycles. The number of rotatable bonds is 4. The molecule has 2 atom stereocenters. The Morgan fingerprint density at radius 3 is 2.80 bits per heavy atom. The molecule has 0 bridgehead atoms. The maximum atomic E-state index is 5.37. The van der Waals surface area contributed by atoms with Crippen LogP contribution in [0.25, 0.3) is 0 Å². The van der Waals surface area contributed by atoms with Gasteiger partial charge in [-0.05, 0) is 31.1 Å². The molecule has 15 heavy (non-hydrogen) atoms. The molecule has 2 unspecified atom stereocenters. The summed E-state index contributed by atoms with van der Waals surface area (Å²) in [7, 11) is 0. The smallest absolute Gasteiger partial charge is 0.0240 e. The van der Waals surface area contributed by atoms with Gasteiger partial charge >= 0.3 is 0 Å². The van der Waals surface area contributed by atoms with Gasteiger partial charge in [0.25, 0.3) is 0 Å². The summed E-state index contributed by atoms with van der Waals surface area (Å²) in [6.45, 7) is 6.97. The van der Waals surface area contributed by atoms with Crippen LogP contribution in [0.5, 0.6) is 0 Å². The zero-order chi connectivity index (χ0) is 11.3. The van der Waals surface area contributed by atoms with E-state index in [0.717, 1.165) is 12.8 Å². The fraction of sp³-hybridized carbons (Fsp3) is 0.857. The molecule has 1 N–H and O–H groups in total. The van der Waals surface area contributed by atoms with Gasteiger partial charge in [0.05, 0.1) is 0 Å². The highest BCUT2D eigenvalue weighted by atomic mass is 14.9. The van der Waals surface area contributed by atoms with Crippen LogP contribution in [0.2, 0.25) is 0 Å². The predicted octanol–water partition coefficient (Wildman–Crippen LogP) is 3.35. The second kappa shape index (κ2) is 5.56. The number of hydrogen-bond donors (Lipinski definition) is 1. The highest BCUT2D eigenvalue weighted by Gasteiger charge is 2.28. The molecule has 1 aliphatic carbocycles. The van der Waals surface area contributed by atoms with Crippen molar-refractivity contribution in [1.29, 1.82) is 0 Å². The molecule has 0 aromatic heterocycles. The molecule has 1 fully saturated rings. The number of terminal acetylenes is 1. The van der Waals surface area contributed by atoms with E-state index in [9.17, 15) is 0 Å². The maximum Gasteiger partial charge on any atom is 0.0240 e. The van der Waals surface area contributed by atoms with Crippen molar-refractivity contribution >= 4 is 0 Å². The van der Waals surface area contributed by atoms with E-state index in [0.29, 0.717) is 17.5 Å². The summed E-state index contributed by atoms with van der Waals surface area (Å²) in [6, 6.07) is 1.21. The van der Waals surface area contributed by atoms with Gasteiger partial charge in [-0.1, -0.05) is 27.2 Å². The van der Waals surface area contributed by atoms with Gasteiger partial charge in [-0.3, -0.25) is 0 Å². The molecular weight excluding hydrogens is 182 g/mol. The molecule has 0 amide bonds. The van der Waals surface area contributed by atoms with Crippen LogP contribution in [0.4, 0.5) is 0 Å². The van der Waals surface area contributed by atoms with Crippen molar-refractivity contribution in [3.63, 3.8) is 0 Å². The van der Waals surface area contributed by atoms with Crippen molar-refractivity contribution in [2.24, 2.45) is 5.41 Å². The minimum Gasteiger partial charge on any atom is -0.310 e. The summed E-state index contributed by atoms with van der Waals surface area (Å²) in [6.07, 6.45) is 12.7. The van der Waals surface area contributed by atoms with E-state index in [2.05, 4.69) is 32.0 Å². The molecule has 1 heteroatoms. The molecule has 0 radical (unpaired) electrons. The third-order valence-corrected chi connectivity index (χ3v) is 3.53. The second-order valence-corrected chi connectivity index (χ2v) is 5.64. The fourth-order valence-electron chi connectivity index (χ4n) is 2.64. The third-order valence-electron chi connectivity index (χ3n) is 3.53. The van der Waals surface area contributed by atoms with Gasteiger partial charge < -0.3 is 5.32 Å².